The van der Waals surface area contributed by atoms with Crippen LogP contribution in [0.5, 0.6) is 11.5 Å². The Balaban J connectivity index is 0.000000193. The number of nitrogens with zero attached hydrogens (tertiary/aromatic N) is 8. The van der Waals surface area contributed by atoms with Crippen LogP contribution in [-0.2, 0) is 75.0 Å². The second kappa shape index (κ2) is 42.4. The molecule has 10 aromatic rings. The number of hydrogen-bond donors (Lipinski definition) is 9. The summed E-state index contributed by atoms with van der Waals surface area (Å²) in [7, 11) is 11.2. The van der Waals surface area contributed by atoms with Crippen molar-refractivity contribution in [2.75, 3.05) is 96.3 Å². The zero-order valence-electron chi connectivity index (χ0n) is 80.6. The molecule has 8 amide bonds. The minimum atomic E-state index is -1.17. The minimum Gasteiger partial charge on any atom is -0.488 e. The van der Waals surface area contributed by atoms with E-state index in [1.807, 2.05) is 88.9 Å². The van der Waals surface area contributed by atoms with E-state index in [2.05, 4.69) is 127 Å². The van der Waals surface area contributed by atoms with Crippen LogP contribution in [0.15, 0.2) is 97.3 Å². The third-order valence-corrected chi connectivity index (χ3v) is 26.9. The number of ether oxygens (including phenoxy) is 11. The summed E-state index contributed by atoms with van der Waals surface area (Å²) in [6.45, 7) is 24.9. The van der Waals surface area contributed by atoms with Gasteiger partial charge in [0, 0.05) is 88.4 Å². The van der Waals surface area contributed by atoms with E-state index in [1.54, 1.807) is 30.9 Å². The smallest absolute Gasteiger partial charge is 0.410 e. The van der Waals surface area contributed by atoms with E-state index >= 15 is 0 Å². The Hall–Kier alpha value is -13.1. The van der Waals surface area contributed by atoms with Gasteiger partial charge in [0.15, 0.2) is 6.04 Å². The van der Waals surface area contributed by atoms with Crippen molar-refractivity contribution >= 4 is 97.8 Å². The monoisotopic (exact) mass is 1870 g/mol. The third-order valence-electron chi connectivity index (χ3n) is 26.9. The number of carbonyl (C=O) groups excluding carboxylic acids is 8. The highest BCUT2D eigenvalue weighted by molar-refractivity contribution is 6.08. The van der Waals surface area contributed by atoms with Crippen LogP contribution in [0, 0.1) is 35.5 Å². The van der Waals surface area contributed by atoms with E-state index in [-0.39, 0.29) is 77.4 Å². The van der Waals surface area contributed by atoms with Crippen molar-refractivity contribution in [2.24, 2.45) is 35.5 Å². The summed E-state index contributed by atoms with van der Waals surface area (Å²) in [6, 6.07) is 24.6. The lowest BCUT2D eigenvalue weighted by Crippen LogP contribution is -2.54. The highest BCUT2D eigenvalue weighted by atomic mass is 16.6. The fourth-order valence-corrected chi connectivity index (χ4v) is 19.2. The maximum Gasteiger partial charge on any atom is 0.410 e. The third kappa shape index (κ3) is 21.3. The van der Waals surface area contributed by atoms with Crippen molar-refractivity contribution in [3.63, 3.8) is 0 Å². The number of rotatable bonds is 26. The molecule has 37 heteroatoms. The quantitative estimate of drug-likeness (QED) is 0.0227. The molecule has 10 heterocycles. The van der Waals surface area contributed by atoms with Gasteiger partial charge in [-0.3, -0.25) is 19.3 Å². The standard InChI is InChI=1S/C47H58N8O9.C45H55N7O7.C7H13NO5/c1-9-25(3)39(52-46(58)62-7)44(56)54-20-24(2)14-36(54)42-48-19-35(50-42)29-10-12-31-30(16-29)23-64-38-18-32-28(17-33(31)38)11-13-34-41(32)51-43(49-34)37-15-27(22-60-5)21-55(37)45(57)40(26(4)61-6)53-47(59)63-8;1-9-25(3)38(50-43(54)57-8)42(53)51-20-24(2)14-35(51)40-46-19-34(48-40)28-10-12-30-29(16-28)23-58-37-18-31-27(17-32(30)37)11-13-33-39(31)49-41(47-33)36-15-26(22-56-7)21-52(36)44(55)59-45(4,5)6;1-4(12-2)5(6(9)10)8-7(11)13-3/h10-13,16-19,24-27,36-37,39-40H,9,14-15,20-23H2,1-8H3,(H,48,50)(H,49,51)(H,52,58)(H,53,59);10-13,16-19,24-26,35-36,38H,9,14-15,20-23H2,1-8H3,(H,46,48)(H,47,49)(H,50,54);4-5H,1-3H3,(H,8,11)(H,9,10)/t24-,25?,26?,27-,36?,37-,39-,40-;24-,25?,26-,35?,36-,38-;4-,5+/m001/s1. The lowest BCUT2D eigenvalue weighted by molar-refractivity contribution is -0.142. The normalized spacial score (nSPS) is 20.5. The molecular weight excluding hydrogens is 1750 g/mol. The first kappa shape index (κ1) is 98.9. The Labute approximate surface area is 788 Å². The van der Waals surface area contributed by atoms with Gasteiger partial charge in [-0.25, -0.2) is 48.7 Å². The number of hydrogen-bond acceptors (Lipinski definition) is 24. The van der Waals surface area contributed by atoms with Crippen LogP contribution >= 0.6 is 0 Å². The zero-order valence-corrected chi connectivity index (χ0v) is 80.6. The van der Waals surface area contributed by atoms with E-state index < -0.39 is 78.4 Å². The number of nitrogens with one attached hydrogen (secondary N) is 8. The van der Waals surface area contributed by atoms with E-state index in [0.29, 0.717) is 77.1 Å². The van der Waals surface area contributed by atoms with Crippen LogP contribution in [0.1, 0.15) is 173 Å². The highest BCUT2D eigenvalue weighted by Crippen LogP contribution is 2.48. The van der Waals surface area contributed by atoms with Gasteiger partial charge in [0.1, 0.15) is 71.7 Å². The van der Waals surface area contributed by atoms with Gasteiger partial charge in [-0.05, 0) is 177 Å². The molecule has 16 rings (SSSR count). The van der Waals surface area contributed by atoms with Gasteiger partial charge in [0.05, 0.1) is 124 Å². The summed E-state index contributed by atoms with van der Waals surface area (Å²) in [4.78, 5) is 154. The largest absolute Gasteiger partial charge is 0.488 e. The average Bonchev–Trinajstić information content (AvgIpc) is 1.47. The van der Waals surface area contributed by atoms with Crippen molar-refractivity contribution < 1.29 is 100 Å². The number of fused-ring (bicyclic) bond motifs is 12. The fourth-order valence-electron chi connectivity index (χ4n) is 19.2. The molecule has 4 aromatic heterocycles. The van der Waals surface area contributed by atoms with Crippen LogP contribution in [0.25, 0.3) is 88.4 Å². The summed E-state index contributed by atoms with van der Waals surface area (Å²) in [6.07, 6.45) is 3.59. The molecule has 0 bridgehead atoms. The van der Waals surface area contributed by atoms with Gasteiger partial charge in [-0.15, -0.1) is 0 Å². The Bertz CT molecular complexity index is 6060. The summed E-state index contributed by atoms with van der Waals surface area (Å²) >= 11 is 0. The van der Waals surface area contributed by atoms with Gasteiger partial charge in [0.2, 0.25) is 17.7 Å². The first-order valence-corrected chi connectivity index (χ1v) is 46.2. The van der Waals surface area contributed by atoms with Crippen LogP contribution in [-0.4, -0.2) is 257 Å². The molecule has 6 aromatic carbocycles. The minimum absolute atomic E-state index is 0.0552. The van der Waals surface area contributed by atoms with Crippen molar-refractivity contribution in [2.45, 2.75) is 194 Å². The molecule has 728 valence electrons. The number of carbonyl (C=O) groups is 9. The average molecular weight is 1880 g/mol. The number of aliphatic carboxylic acids is 1. The molecule has 6 aliphatic heterocycles. The maximum atomic E-state index is 14.1. The number of benzene rings is 6. The van der Waals surface area contributed by atoms with Gasteiger partial charge >= 0.3 is 36.4 Å². The van der Waals surface area contributed by atoms with Crippen LogP contribution in [0.3, 0.4) is 0 Å². The Morgan fingerprint density at radius 1 is 0.463 bits per heavy atom. The lowest BCUT2D eigenvalue weighted by atomic mass is 9.92. The van der Waals surface area contributed by atoms with E-state index in [1.165, 1.54) is 42.5 Å². The fraction of sp³-hybridized carbons (Fsp3) is 0.505. The first-order valence-electron chi connectivity index (χ1n) is 46.2. The molecule has 4 fully saturated rings. The summed E-state index contributed by atoms with van der Waals surface area (Å²) in [5.74, 6) is 3.18. The molecule has 9 N–H and O–H groups in total. The molecule has 5 unspecified atom stereocenters. The lowest BCUT2D eigenvalue weighted by Gasteiger charge is -2.30. The molecule has 0 aliphatic carbocycles. The van der Waals surface area contributed by atoms with Crippen molar-refractivity contribution in [1.82, 2.24) is 80.7 Å². The number of carboxylic acid groups (broad SMARTS) is 1. The summed E-state index contributed by atoms with van der Waals surface area (Å²) in [5, 5.41) is 22.9. The highest BCUT2D eigenvalue weighted by Gasteiger charge is 2.47. The number of aromatic nitrogens is 8. The number of alkyl carbamates (subject to hydrolysis) is 4. The van der Waals surface area contributed by atoms with Crippen LogP contribution in [0.4, 0.5) is 24.0 Å². The number of amides is 8. The summed E-state index contributed by atoms with van der Waals surface area (Å²) < 4.78 is 58.7. The van der Waals surface area contributed by atoms with E-state index in [0.717, 1.165) is 155 Å². The maximum absolute atomic E-state index is 14.1. The number of imidazole rings is 4. The SMILES string of the molecule is CCC(C)[C@H](NC(=O)OC)C(=O)N1C[C@@H](C)CC1c1ncc(-c2ccc3c(c2)COc2cc4c(ccc5[nH]c([C@@H]6C[C@H](COC)CN6C(=O)OC(C)(C)C)nc54)cc2-3)[nH]1.CCC(C)[C@H](NC(=O)OC)C(=O)N1C[C@@H](C)CC1c1ncc(-c2ccc3c(c2)COc2cc4c(ccc5[nH]c([C@@H]6C[C@H](COC)CN6C(=O)[C@@H](NC(=O)OC)C(C)OC)nc54)cc2-3)[nH]1.COC(=O)N[C@H](C(=O)O)[C@@H](C)OC. The first-order chi connectivity index (χ1) is 65.1. The van der Waals surface area contributed by atoms with E-state index in [4.69, 9.17) is 72.4 Å². The number of H-pyrrole nitrogens is 4. The number of carboxylic acids is 1. The predicted octanol–water partition coefficient (Wildman–Crippen LogP) is 14.8. The Morgan fingerprint density at radius 3 is 1.24 bits per heavy atom. The second-order valence-electron chi connectivity index (χ2n) is 37.4. The molecule has 4 saturated heterocycles. The molecule has 0 spiro atoms. The molecule has 37 nitrogen and oxygen atoms in total. The van der Waals surface area contributed by atoms with Gasteiger partial charge in [-0.2, -0.15) is 0 Å². The molecular formula is C99H126N16O21. The van der Waals surface area contributed by atoms with Gasteiger partial charge in [-0.1, -0.05) is 90.8 Å². The van der Waals surface area contributed by atoms with Gasteiger partial charge in [0.25, 0.3) is 0 Å². The second-order valence-corrected chi connectivity index (χ2v) is 37.4. The predicted molar refractivity (Wildman–Crippen MR) is 505 cm³/mol. The Kier molecular flexibility index (Phi) is 30.8. The summed E-state index contributed by atoms with van der Waals surface area (Å²) in [5.41, 5.74) is 12.5. The molecule has 136 heavy (non-hydrogen) atoms. The van der Waals surface area contributed by atoms with Crippen LogP contribution < -0.4 is 30.7 Å². The molecule has 0 radical (unpaired) electrons. The Morgan fingerprint density at radius 2 is 0.846 bits per heavy atom. The molecule has 6 aliphatic rings. The number of methoxy groups -OCH3 is 8. The van der Waals surface area contributed by atoms with Crippen LogP contribution in [0.2, 0.25) is 0 Å². The van der Waals surface area contributed by atoms with Crippen molar-refractivity contribution in [1.29, 1.82) is 0 Å². The van der Waals surface area contributed by atoms with Crippen molar-refractivity contribution in [3.05, 3.63) is 132 Å². The molecule has 16 atom stereocenters. The topological polar surface area (TPSA) is 451 Å². The number of likely N-dealkylation sites (tertiary alicyclic amines) is 4. The van der Waals surface area contributed by atoms with Gasteiger partial charge < -0.3 is 113 Å². The number of aromatic amines is 4. The zero-order chi connectivity index (χ0) is 97.6. The van der Waals surface area contributed by atoms with E-state index in [9.17, 15) is 43.2 Å². The van der Waals surface area contributed by atoms with Crippen molar-refractivity contribution in [3.8, 4) is 56.3 Å². The molecule has 0 saturated carbocycles.